The summed E-state index contributed by atoms with van der Waals surface area (Å²) in [4.78, 5) is 39.3. The van der Waals surface area contributed by atoms with Crippen molar-refractivity contribution in [1.29, 1.82) is 0 Å². The molecule has 2 rings (SSSR count). The average molecular weight is 279 g/mol. The second-order valence-electron chi connectivity index (χ2n) is 4.38. The standard InChI is InChI=1S/C12H17N5O3/c1-2-9-13-3-5-16(9)6-4-14-10(18)8-17-11(19)7-15-12(17)20/h3,5H,2,4,6-8H2,1H3,(H,14,18)(H,15,20). The van der Waals surface area contributed by atoms with Crippen molar-refractivity contribution in [2.45, 2.75) is 19.9 Å². The van der Waals surface area contributed by atoms with Gasteiger partial charge in [-0.3, -0.25) is 14.5 Å². The number of carbonyl (C=O) groups excluding carboxylic acids is 3. The lowest BCUT2D eigenvalue weighted by molar-refractivity contribution is -0.130. The van der Waals surface area contributed by atoms with E-state index in [0.29, 0.717) is 13.1 Å². The second kappa shape index (κ2) is 6.18. The van der Waals surface area contributed by atoms with Gasteiger partial charge in [0.1, 0.15) is 12.4 Å². The molecule has 1 saturated heterocycles. The SMILES string of the molecule is CCc1nccn1CCNC(=O)CN1C(=O)CNC1=O. The van der Waals surface area contributed by atoms with Crippen LogP contribution >= 0.6 is 0 Å². The van der Waals surface area contributed by atoms with Crippen molar-refractivity contribution in [3.63, 3.8) is 0 Å². The van der Waals surface area contributed by atoms with Crippen LogP contribution in [0.25, 0.3) is 0 Å². The lowest BCUT2D eigenvalue weighted by Crippen LogP contribution is -2.41. The Kier molecular flexibility index (Phi) is 4.34. The van der Waals surface area contributed by atoms with Gasteiger partial charge in [-0.25, -0.2) is 9.78 Å². The minimum atomic E-state index is -0.520. The van der Waals surface area contributed by atoms with E-state index in [0.717, 1.165) is 17.1 Å². The molecule has 0 radical (unpaired) electrons. The van der Waals surface area contributed by atoms with E-state index in [1.54, 1.807) is 6.20 Å². The molecule has 8 nitrogen and oxygen atoms in total. The quantitative estimate of drug-likeness (QED) is 0.660. The van der Waals surface area contributed by atoms with Gasteiger partial charge in [0.05, 0.1) is 6.54 Å². The van der Waals surface area contributed by atoms with Crippen molar-refractivity contribution >= 4 is 17.8 Å². The van der Waals surface area contributed by atoms with E-state index in [4.69, 9.17) is 0 Å². The van der Waals surface area contributed by atoms with Crippen molar-refractivity contribution in [2.75, 3.05) is 19.6 Å². The number of aromatic nitrogens is 2. The number of urea groups is 1. The molecular formula is C12H17N5O3. The maximum absolute atomic E-state index is 11.7. The molecular weight excluding hydrogens is 262 g/mol. The van der Waals surface area contributed by atoms with Gasteiger partial charge in [-0.1, -0.05) is 6.92 Å². The van der Waals surface area contributed by atoms with Crippen LogP contribution in [-0.2, 0) is 22.6 Å². The Morgan fingerprint density at radius 1 is 1.50 bits per heavy atom. The Labute approximate surface area is 116 Å². The Morgan fingerprint density at radius 3 is 2.95 bits per heavy atom. The summed E-state index contributed by atoms with van der Waals surface area (Å²) in [7, 11) is 0. The maximum Gasteiger partial charge on any atom is 0.325 e. The van der Waals surface area contributed by atoms with Gasteiger partial charge in [-0.2, -0.15) is 0 Å². The number of imide groups is 1. The van der Waals surface area contributed by atoms with E-state index in [2.05, 4.69) is 15.6 Å². The molecule has 20 heavy (non-hydrogen) atoms. The Hall–Kier alpha value is -2.38. The largest absolute Gasteiger partial charge is 0.353 e. The molecule has 0 atom stereocenters. The fourth-order valence-corrected chi connectivity index (χ4v) is 1.99. The fraction of sp³-hybridized carbons (Fsp3) is 0.500. The highest BCUT2D eigenvalue weighted by Crippen LogP contribution is 1.99. The summed E-state index contributed by atoms with van der Waals surface area (Å²) in [5.41, 5.74) is 0. The molecule has 0 saturated carbocycles. The lowest BCUT2D eigenvalue weighted by Gasteiger charge is -2.12. The highest BCUT2D eigenvalue weighted by Gasteiger charge is 2.29. The summed E-state index contributed by atoms with van der Waals surface area (Å²) >= 11 is 0. The van der Waals surface area contributed by atoms with Gasteiger partial charge in [0.2, 0.25) is 5.91 Å². The Bertz CT molecular complexity index is 509. The van der Waals surface area contributed by atoms with Crippen LogP contribution in [0.5, 0.6) is 0 Å². The molecule has 108 valence electrons. The van der Waals surface area contributed by atoms with Crippen molar-refractivity contribution in [1.82, 2.24) is 25.1 Å². The topological polar surface area (TPSA) is 96.3 Å². The molecule has 2 N–H and O–H groups in total. The number of carbonyl (C=O) groups is 3. The molecule has 2 heterocycles. The number of nitrogens with one attached hydrogen (secondary N) is 2. The smallest absolute Gasteiger partial charge is 0.325 e. The molecule has 0 aliphatic carbocycles. The van der Waals surface area contributed by atoms with Crippen LogP contribution < -0.4 is 10.6 Å². The third-order valence-corrected chi connectivity index (χ3v) is 3.03. The van der Waals surface area contributed by atoms with Gasteiger partial charge in [0, 0.05) is 31.9 Å². The molecule has 0 unspecified atom stereocenters. The molecule has 1 aromatic heterocycles. The van der Waals surface area contributed by atoms with Crippen LogP contribution in [-0.4, -0.2) is 51.9 Å². The van der Waals surface area contributed by atoms with Crippen molar-refractivity contribution in [3.05, 3.63) is 18.2 Å². The Morgan fingerprint density at radius 2 is 2.30 bits per heavy atom. The zero-order valence-electron chi connectivity index (χ0n) is 11.3. The average Bonchev–Trinajstić information content (AvgIpc) is 3.00. The predicted molar refractivity (Wildman–Crippen MR) is 69.7 cm³/mol. The van der Waals surface area contributed by atoms with E-state index in [1.165, 1.54) is 0 Å². The molecule has 1 aromatic rings. The molecule has 4 amide bonds. The second-order valence-corrected chi connectivity index (χ2v) is 4.38. The van der Waals surface area contributed by atoms with Gasteiger partial charge in [-0.05, 0) is 0 Å². The highest BCUT2D eigenvalue weighted by molar-refractivity contribution is 6.04. The van der Waals surface area contributed by atoms with Gasteiger partial charge >= 0.3 is 6.03 Å². The maximum atomic E-state index is 11.7. The summed E-state index contributed by atoms with van der Waals surface area (Å²) in [5.74, 6) is 0.218. The third kappa shape index (κ3) is 3.14. The highest BCUT2D eigenvalue weighted by atomic mass is 16.2. The van der Waals surface area contributed by atoms with Crippen LogP contribution in [0.3, 0.4) is 0 Å². The molecule has 1 fully saturated rings. The monoisotopic (exact) mass is 279 g/mol. The summed E-state index contributed by atoms with van der Waals surface area (Å²) in [6.07, 6.45) is 4.39. The van der Waals surface area contributed by atoms with Crippen LogP contribution in [0.4, 0.5) is 4.79 Å². The summed E-state index contributed by atoms with van der Waals surface area (Å²) in [6.45, 7) is 2.76. The molecule has 1 aliphatic rings. The van der Waals surface area contributed by atoms with Gasteiger partial charge in [0.25, 0.3) is 5.91 Å². The third-order valence-electron chi connectivity index (χ3n) is 3.03. The van der Waals surface area contributed by atoms with Crippen molar-refractivity contribution in [3.8, 4) is 0 Å². The number of aryl methyl sites for hydroxylation is 1. The van der Waals surface area contributed by atoms with Gasteiger partial charge < -0.3 is 15.2 Å². The van der Waals surface area contributed by atoms with Crippen LogP contribution in [0, 0.1) is 0 Å². The number of amides is 4. The number of imidazole rings is 1. The lowest BCUT2D eigenvalue weighted by atomic mass is 10.4. The summed E-state index contributed by atoms with van der Waals surface area (Å²) in [5, 5.41) is 5.04. The van der Waals surface area contributed by atoms with E-state index >= 15 is 0 Å². The van der Waals surface area contributed by atoms with Crippen LogP contribution in [0.15, 0.2) is 12.4 Å². The fourth-order valence-electron chi connectivity index (χ4n) is 1.99. The van der Waals surface area contributed by atoms with Crippen molar-refractivity contribution in [2.24, 2.45) is 0 Å². The molecule has 0 aromatic carbocycles. The van der Waals surface area contributed by atoms with Gasteiger partial charge in [-0.15, -0.1) is 0 Å². The number of nitrogens with zero attached hydrogens (tertiary/aromatic N) is 3. The van der Waals surface area contributed by atoms with E-state index in [1.807, 2.05) is 17.7 Å². The normalized spacial score (nSPS) is 14.6. The van der Waals surface area contributed by atoms with Crippen molar-refractivity contribution < 1.29 is 14.4 Å². The minimum Gasteiger partial charge on any atom is -0.353 e. The summed E-state index contributed by atoms with van der Waals surface area (Å²) < 4.78 is 1.95. The van der Waals surface area contributed by atoms with Crippen LogP contribution in [0.2, 0.25) is 0 Å². The molecule has 8 heteroatoms. The van der Waals surface area contributed by atoms with E-state index in [-0.39, 0.29) is 24.9 Å². The molecule has 1 aliphatic heterocycles. The minimum absolute atomic E-state index is 0.0407. The van der Waals surface area contributed by atoms with Gasteiger partial charge in [0.15, 0.2) is 0 Å². The van der Waals surface area contributed by atoms with Crippen LogP contribution in [0.1, 0.15) is 12.7 Å². The predicted octanol–water partition coefficient (Wildman–Crippen LogP) is -0.886. The molecule has 0 bridgehead atoms. The molecule has 0 spiro atoms. The first-order valence-corrected chi connectivity index (χ1v) is 6.46. The Balaban J connectivity index is 1.75. The van der Waals surface area contributed by atoms with E-state index in [9.17, 15) is 14.4 Å². The number of hydrogen-bond donors (Lipinski definition) is 2. The zero-order valence-corrected chi connectivity index (χ0v) is 11.3. The first-order valence-electron chi connectivity index (χ1n) is 6.46. The first kappa shape index (κ1) is 14.0. The van der Waals surface area contributed by atoms with E-state index < -0.39 is 6.03 Å². The number of rotatable bonds is 6. The summed E-state index contributed by atoms with van der Waals surface area (Å²) in [6, 6.07) is -0.520. The first-order chi connectivity index (χ1) is 9.61. The zero-order chi connectivity index (χ0) is 14.5. The number of hydrogen-bond acceptors (Lipinski definition) is 4.